The second-order valence-corrected chi connectivity index (χ2v) is 8.34. The largest absolute Gasteiger partial charge is 0.490 e. The van der Waals surface area contributed by atoms with Crippen LogP contribution in [0.3, 0.4) is 0 Å². The molecule has 4 heteroatoms. The monoisotopic (exact) mass is 412 g/mol. The van der Waals surface area contributed by atoms with Crippen molar-refractivity contribution in [2.75, 3.05) is 6.61 Å². The highest BCUT2D eigenvalue weighted by Crippen LogP contribution is 2.28. The van der Waals surface area contributed by atoms with Crippen molar-refractivity contribution in [2.45, 2.75) is 78.2 Å². The standard InChI is InChI=1S/C26H36O4/c1-6-21(22-12-13-23(25(27)28)18(4)16-22)11-9-20-10-14-24(19(5)15-20)30-17-26(29,7-2)8-3/h10,12-16,21,29H,6-9,11,17H2,1-5H3,(H,27,28). The Bertz CT molecular complexity index is 852. The highest BCUT2D eigenvalue weighted by atomic mass is 16.5. The van der Waals surface area contributed by atoms with Crippen molar-refractivity contribution in [1.29, 1.82) is 0 Å². The maximum absolute atomic E-state index is 11.3. The molecule has 0 saturated carbocycles. The molecule has 2 rings (SSSR count). The van der Waals surface area contributed by atoms with E-state index in [-0.39, 0.29) is 0 Å². The third-order valence-electron chi connectivity index (χ3n) is 6.28. The van der Waals surface area contributed by atoms with E-state index in [1.54, 1.807) is 6.07 Å². The molecule has 2 aromatic rings. The van der Waals surface area contributed by atoms with E-state index < -0.39 is 11.6 Å². The summed E-state index contributed by atoms with van der Waals surface area (Å²) < 4.78 is 5.90. The molecule has 0 radical (unpaired) electrons. The molecule has 0 aliphatic heterocycles. The molecule has 0 heterocycles. The van der Waals surface area contributed by atoms with Crippen LogP contribution in [-0.2, 0) is 6.42 Å². The number of hydrogen-bond acceptors (Lipinski definition) is 3. The SMILES string of the molecule is CCC(CCc1ccc(OCC(O)(CC)CC)c(C)c1)c1ccc(C(=O)O)c(C)c1. The topological polar surface area (TPSA) is 66.8 Å². The van der Waals surface area contributed by atoms with Crippen LogP contribution in [0.15, 0.2) is 36.4 Å². The molecule has 0 saturated heterocycles. The average molecular weight is 413 g/mol. The van der Waals surface area contributed by atoms with Crippen molar-refractivity contribution < 1.29 is 19.7 Å². The van der Waals surface area contributed by atoms with Crippen molar-refractivity contribution in [3.8, 4) is 5.75 Å². The van der Waals surface area contributed by atoms with Gasteiger partial charge in [0.15, 0.2) is 0 Å². The normalized spacial score (nSPS) is 12.6. The van der Waals surface area contributed by atoms with Crippen LogP contribution in [-0.4, -0.2) is 28.4 Å². The molecule has 30 heavy (non-hydrogen) atoms. The Labute approximate surface area is 180 Å². The summed E-state index contributed by atoms with van der Waals surface area (Å²) in [6, 6.07) is 12.0. The van der Waals surface area contributed by atoms with Crippen molar-refractivity contribution in [2.24, 2.45) is 0 Å². The second kappa shape index (κ2) is 10.6. The first kappa shape index (κ1) is 23.9. The molecular weight excluding hydrogens is 376 g/mol. The predicted octanol–water partition coefficient (Wildman–Crippen LogP) is 6.06. The zero-order valence-electron chi connectivity index (χ0n) is 19.0. The van der Waals surface area contributed by atoms with Crippen LogP contribution >= 0.6 is 0 Å². The number of carbonyl (C=O) groups is 1. The van der Waals surface area contributed by atoms with Crippen LogP contribution in [0.25, 0.3) is 0 Å². The predicted molar refractivity (Wildman–Crippen MR) is 122 cm³/mol. The van der Waals surface area contributed by atoms with Gasteiger partial charge in [-0.05, 0) is 86.3 Å². The van der Waals surface area contributed by atoms with E-state index in [0.717, 1.165) is 36.1 Å². The maximum atomic E-state index is 11.3. The maximum Gasteiger partial charge on any atom is 0.335 e. The number of aromatic carboxylic acids is 1. The summed E-state index contributed by atoms with van der Waals surface area (Å²) in [6.45, 7) is 10.3. The molecule has 164 valence electrons. The van der Waals surface area contributed by atoms with Crippen LogP contribution in [0.1, 0.15) is 85.0 Å². The first-order valence-corrected chi connectivity index (χ1v) is 11.0. The summed E-state index contributed by atoms with van der Waals surface area (Å²) in [5.74, 6) is 0.346. The molecule has 0 fully saturated rings. The zero-order chi connectivity index (χ0) is 22.3. The molecule has 4 nitrogen and oxygen atoms in total. The molecular formula is C26H36O4. The Hall–Kier alpha value is -2.33. The lowest BCUT2D eigenvalue weighted by Gasteiger charge is -2.25. The van der Waals surface area contributed by atoms with Gasteiger partial charge in [0.05, 0.1) is 11.2 Å². The zero-order valence-corrected chi connectivity index (χ0v) is 19.0. The van der Waals surface area contributed by atoms with Gasteiger partial charge in [-0.15, -0.1) is 0 Å². The molecule has 0 bridgehead atoms. The summed E-state index contributed by atoms with van der Waals surface area (Å²) in [4.78, 5) is 11.3. The van der Waals surface area contributed by atoms with Gasteiger partial charge in [-0.3, -0.25) is 0 Å². The fourth-order valence-corrected chi connectivity index (χ4v) is 3.82. The van der Waals surface area contributed by atoms with Gasteiger partial charge in [-0.1, -0.05) is 45.0 Å². The summed E-state index contributed by atoms with van der Waals surface area (Å²) in [7, 11) is 0. The van der Waals surface area contributed by atoms with Crippen LogP contribution in [0, 0.1) is 13.8 Å². The minimum Gasteiger partial charge on any atom is -0.490 e. The number of hydrogen-bond donors (Lipinski definition) is 2. The fraction of sp³-hybridized carbons (Fsp3) is 0.500. The van der Waals surface area contributed by atoms with E-state index in [1.165, 1.54) is 11.1 Å². The van der Waals surface area contributed by atoms with Crippen LogP contribution in [0.5, 0.6) is 5.75 Å². The van der Waals surface area contributed by atoms with Gasteiger partial charge in [0, 0.05) is 0 Å². The van der Waals surface area contributed by atoms with Crippen molar-refractivity contribution in [3.05, 3.63) is 64.2 Å². The van der Waals surface area contributed by atoms with Gasteiger partial charge in [-0.2, -0.15) is 0 Å². The minimum absolute atomic E-state index is 0.309. The lowest BCUT2D eigenvalue weighted by molar-refractivity contribution is -0.0115. The molecule has 2 aromatic carbocycles. The van der Waals surface area contributed by atoms with Gasteiger partial charge in [-0.25, -0.2) is 4.79 Å². The Morgan fingerprint density at radius 2 is 1.73 bits per heavy atom. The van der Waals surface area contributed by atoms with E-state index in [0.29, 0.717) is 30.9 Å². The lowest BCUT2D eigenvalue weighted by atomic mass is 9.88. The van der Waals surface area contributed by atoms with Crippen LogP contribution < -0.4 is 4.74 Å². The van der Waals surface area contributed by atoms with E-state index >= 15 is 0 Å². The minimum atomic E-state index is -0.874. The second-order valence-electron chi connectivity index (χ2n) is 8.34. The Morgan fingerprint density at radius 1 is 1.03 bits per heavy atom. The highest BCUT2D eigenvalue weighted by Gasteiger charge is 2.23. The van der Waals surface area contributed by atoms with E-state index in [4.69, 9.17) is 4.74 Å². The molecule has 1 atom stereocenters. The van der Waals surface area contributed by atoms with E-state index in [2.05, 4.69) is 19.1 Å². The van der Waals surface area contributed by atoms with Gasteiger partial charge in [0.2, 0.25) is 0 Å². The molecule has 0 aromatic heterocycles. The molecule has 1 unspecified atom stereocenters. The first-order valence-electron chi connectivity index (χ1n) is 11.0. The summed E-state index contributed by atoms with van der Waals surface area (Å²) in [5.41, 5.74) is 3.96. The lowest BCUT2D eigenvalue weighted by Crippen LogP contribution is -2.34. The number of rotatable bonds is 11. The van der Waals surface area contributed by atoms with Gasteiger partial charge in [0.25, 0.3) is 0 Å². The summed E-state index contributed by atoms with van der Waals surface area (Å²) in [5, 5.41) is 19.7. The number of carboxylic acid groups (broad SMARTS) is 1. The number of benzene rings is 2. The third kappa shape index (κ3) is 6.09. The molecule has 0 aliphatic carbocycles. The van der Waals surface area contributed by atoms with Gasteiger partial charge >= 0.3 is 5.97 Å². The van der Waals surface area contributed by atoms with Gasteiger partial charge < -0.3 is 14.9 Å². The Kier molecular flexibility index (Phi) is 8.48. The highest BCUT2D eigenvalue weighted by molar-refractivity contribution is 5.89. The molecule has 0 spiro atoms. The van der Waals surface area contributed by atoms with Crippen molar-refractivity contribution in [1.82, 2.24) is 0 Å². The van der Waals surface area contributed by atoms with Crippen LogP contribution in [0.4, 0.5) is 0 Å². The Morgan fingerprint density at radius 3 is 2.27 bits per heavy atom. The van der Waals surface area contributed by atoms with E-state index in [9.17, 15) is 15.0 Å². The quantitative estimate of drug-likeness (QED) is 0.471. The number of ether oxygens (including phenoxy) is 1. The third-order valence-corrected chi connectivity index (χ3v) is 6.28. The summed E-state index contributed by atoms with van der Waals surface area (Å²) in [6.07, 6.45) is 4.32. The molecule has 2 N–H and O–H groups in total. The Balaban J connectivity index is 2.03. The smallest absolute Gasteiger partial charge is 0.335 e. The first-order chi connectivity index (χ1) is 14.2. The van der Waals surface area contributed by atoms with Crippen molar-refractivity contribution in [3.63, 3.8) is 0 Å². The number of aryl methyl sites for hydroxylation is 3. The average Bonchev–Trinajstić information content (AvgIpc) is 2.73. The van der Waals surface area contributed by atoms with Crippen molar-refractivity contribution >= 4 is 5.97 Å². The number of carboxylic acids is 1. The number of aliphatic hydroxyl groups is 1. The van der Waals surface area contributed by atoms with E-state index in [1.807, 2.05) is 45.9 Å². The fourth-order valence-electron chi connectivity index (χ4n) is 3.82. The molecule has 0 aliphatic rings. The van der Waals surface area contributed by atoms with Crippen LogP contribution in [0.2, 0.25) is 0 Å². The molecule has 0 amide bonds. The summed E-state index contributed by atoms with van der Waals surface area (Å²) >= 11 is 0. The van der Waals surface area contributed by atoms with Gasteiger partial charge in [0.1, 0.15) is 12.4 Å².